The second kappa shape index (κ2) is 6.45. The van der Waals surface area contributed by atoms with Crippen molar-refractivity contribution in [1.29, 1.82) is 0 Å². The maximum absolute atomic E-state index is 12.1. The van der Waals surface area contributed by atoms with Crippen LogP contribution < -0.4 is 4.74 Å². The Labute approximate surface area is 125 Å². The van der Waals surface area contributed by atoms with Gasteiger partial charge in [0.15, 0.2) is 0 Å². The Hall–Kier alpha value is -2.28. The standard InChI is InChI=1S/C14H13NO5S/c1-19-10-6-4-3-5-9(10)7-11-13(17)15(14(18)21-11)8-12(16)20-2/h3-7H,8H2,1-2H3. The molecule has 0 bridgehead atoms. The van der Waals surface area contributed by atoms with Crippen LogP contribution in [-0.2, 0) is 14.3 Å². The molecule has 1 fully saturated rings. The van der Waals surface area contributed by atoms with Crippen molar-refractivity contribution in [2.24, 2.45) is 0 Å². The predicted octanol–water partition coefficient (Wildman–Crippen LogP) is 1.90. The van der Waals surface area contributed by atoms with E-state index in [1.165, 1.54) is 14.2 Å². The Balaban J connectivity index is 2.26. The Morgan fingerprint density at radius 2 is 2.00 bits per heavy atom. The normalized spacial score (nSPS) is 16.5. The van der Waals surface area contributed by atoms with E-state index in [9.17, 15) is 14.4 Å². The lowest BCUT2D eigenvalue weighted by molar-refractivity contribution is -0.143. The predicted molar refractivity (Wildman–Crippen MR) is 77.7 cm³/mol. The van der Waals surface area contributed by atoms with Crippen LogP contribution in [0.3, 0.4) is 0 Å². The third-order valence-corrected chi connectivity index (χ3v) is 3.72. The van der Waals surface area contributed by atoms with Crippen LogP contribution in [0.2, 0.25) is 0 Å². The molecule has 0 saturated carbocycles. The van der Waals surface area contributed by atoms with E-state index >= 15 is 0 Å². The van der Waals surface area contributed by atoms with Crippen LogP contribution >= 0.6 is 11.8 Å². The Morgan fingerprint density at radius 1 is 1.29 bits per heavy atom. The van der Waals surface area contributed by atoms with Gasteiger partial charge in [-0.15, -0.1) is 0 Å². The summed E-state index contributed by atoms with van der Waals surface area (Å²) in [4.78, 5) is 36.2. The van der Waals surface area contributed by atoms with Gasteiger partial charge < -0.3 is 9.47 Å². The maximum atomic E-state index is 12.1. The summed E-state index contributed by atoms with van der Waals surface area (Å²) in [6, 6.07) is 7.13. The smallest absolute Gasteiger partial charge is 0.325 e. The van der Waals surface area contributed by atoms with Gasteiger partial charge >= 0.3 is 5.97 Å². The molecule has 110 valence electrons. The molecule has 6 nitrogen and oxygen atoms in total. The van der Waals surface area contributed by atoms with Gasteiger partial charge in [0.2, 0.25) is 0 Å². The first-order valence-corrected chi connectivity index (χ1v) is 6.83. The third-order valence-electron chi connectivity index (χ3n) is 2.81. The van der Waals surface area contributed by atoms with Gasteiger partial charge in [0.05, 0.1) is 19.1 Å². The number of nitrogens with zero attached hydrogens (tertiary/aromatic N) is 1. The maximum Gasteiger partial charge on any atom is 0.325 e. The zero-order valence-electron chi connectivity index (χ0n) is 11.5. The summed E-state index contributed by atoms with van der Waals surface area (Å²) in [7, 11) is 2.72. The molecule has 0 atom stereocenters. The lowest BCUT2D eigenvalue weighted by atomic mass is 10.2. The summed E-state index contributed by atoms with van der Waals surface area (Å²) in [6.45, 7) is -0.384. The zero-order chi connectivity index (χ0) is 15.4. The molecule has 1 saturated heterocycles. The Bertz CT molecular complexity index is 626. The number of para-hydroxylation sites is 1. The summed E-state index contributed by atoms with van der Waals surface area (Å²) in [5.41, 5.74) is 0.684. The van der Waals surface area contributed by atoms with Gasteiger partial charge in [-0.2, -0.15) is 0 Å². The number of benzene rings is 1. The molecule has 1 aromatic rings. The number of imide groups is 1. The monoisotopic (exact) mass is 307 g/mol. The minimum Gasteiger partial charge on any atom is -0.496 e. The molecule has 21 heavy (non-hydrogen) atoms. The van der Waals surface area contributed by atoms with E-state index in [1.807, 2.05) is 0 Å². The van der Waals surface area contributed by atoms with Gasteiger partial charge in [-0.05, 0) is 23.9 Å². The van der Waals surface area contributed by atoms with E-state index in [1.54, 1.807) is 30.3 Å². The van der Waals surface area contributed by atoms with Crippen molar-refractivity contribution in [2.45, 2.75) is 0 Å². The fourth-order valence-corrected chi connectivity index (χ4v) is 2.59. The highest BCUT2D eigenvalue weighted by Crippen LogP contribution is 2.33. The van der Waals surface area contributed by atoms with E-state index in [4.69, 9.17) is 4.74 Å². The second-order valence-electron chi connectivity index (χ2n) is 4.09. The average molecular weight is 307 g/mol. The lowest BCUT2D eigenvalue weighted by Gasteiger charge is -2.09. The van der Waals surface area contributed by atoms with Crippen LogP contribution in [0.4, 0.5) is 4.79 Å². The molecular weight excluding hydrogens is 294 g/mol. The first-order valence-electron chi connectivity index (χ1n) is 6.02. The molecular formula is C14H13NO5S. The van der Waals surface area contributed by atoms with E-state index < -0.39 is 17.1 Å². The van der Waals surface area contributed by atoms with E-state index in [2.05, 4.69) is 4.74 Å². The molecule has 0 radical (unpaired) electrons. The third kappa shape index (κ3) is 3.25. The van der Waals surface area contributed by atoms with Crippen molar-refractivity contribution >= 4 is 35.0 Å². The highest BCUT2D eigenvalue weighted by Gasteiger charge is 2.36. The molecule has 1 heterocycles. The fraction of sp³-hybridized carbons (Fsp3) is 0.214. The summed E-state index contributed by atoms with van der Waals surface area (Å²) >= 11 is 0.783. The van der Waals surface area contributed by atoms with Crippen molar-refractivity contribution in [3.8, 4) is 5.75 Å². The number of hydrogen-bond donors (Lipinski definition) is 0. The number of carbonyl (C=O) groups is 3. The number of ether oxygens (including phenoxy) is 2. The van der Waals surface area contributed by atoms with E-state index in [-0.39, 0.29) is 11.4 Å². The van der Waals surface area contributed by atoms with Gasteiger partial charge in [-0.25, -0.2) is 0 Å². The van der Waals surface area contributed by atoms with Crippen molar-refractivity contribution in [3.63, 3.8) is 0 Å². The van der Waals surface area contributed by atoms with Crippen LogP contribution in [-0.4, -0.2) is 42.8 Å². The first-order chi connectivity index (χ1) is 10.1. The molecule has 0 aliphatic carbocycles. The molecule has 0 N–H and O–H groups in total. The number of carbonyl (C=O) groups excluding carboxylic acids is 3. The van der Waals surface area contributed by atoms with Crippen LogP contribution in [0.1, 0.15) is 5.56 Å². The SMILES string of the molecule is COC(=O)CN1C(=O)SC(=Cc2ccccc2OC)C1=O. The minimum absolute atomic E-state index is 0.244. The van der Waals surface area contributed by atoms with Gasteiger partial charge in [0.1, 0.15) is 12.3 Å². The van der Waals surface area contributed by atoms with Gasteiger partial charge in [0, 0.05) is 5.56 Å². The highest BCUT2D eigenvalue weighted by molar-refractivity contribution is 8.18. The molecule has 2 amide bonds. The van der Waals surface area contributed by atoms with Crippen molar-refractivity contribution in [1.82, 2.24) is 4.90 Å². The number of rotatable bonds is 4. The molecule has 2 rings (SSSR count). The van der Waals surface area contributed by atoms with Crippen molar-refractivity contribution in [2.75, 3.05) is 20.8 Å². The highest BCUT2D eigenvalue weighted by atomic mass is 32.2. The van der Waals surface area contributed by atoms with Gasteiger partial charge in [-0.1, -0.05) is 18.2 Å². The van der Waals surface area contributed by atoms with Crippen LogP contribution in [0.5, 0.6) is 5.75 Å². The molecule has 1 aliphatic heterocycles. The first kappa shape index (κ1) is 15.1. The molecule has 0 aromatic heterocycles. The summed E-state index contributed by atoms with van der Waals surface area (Å²) < 4.78 is 9.65. The number of thioether (sulfide) groups is 1. The van der Waals surface area contributed by atoms with Crippen LogP contribution in [0, 0.1) is 0 Å². The summed E-state index contributed by atoms with van der Waals surface area (Å²) in [5.74, 6) is -0.561. The number of hydrogen-bond acceptors (Lipinski definition) is 6. The topological polar surface area (TPSA) is 72.9 Å². The number of esters is 1. The molecule has 7 heteroatoms. The Morgan fingerprint density at radius 3 is 2.67 bits per heavy atom. The molecule has 1 aromatic carbocycles. The fourth-order valence-electron chi connectivity index (χ4n) is 1.76. The van der Waals surface area contributed by atoms with E-state index in [0.717, 1.165) is 16.7 Å². The number of methoxy groups -OCH3 is 2. The van der Waals surface area contributed by atoms with Gasteiger partial charge in [-0.3, -0.25) is 19.3 Å². The second-order valence-corrected chi connectivity index (χ2v) is 5.08. The number of amides is 2. The summed E-state index contributed by atoms with van der Waals surface area (Å²) in [6.07, 6.45) is 1.57. The zero-order valence-corrected chi connectivity index (χ0v) is 12.3. The largest absolute Gasteiger partial charge is 0.496 e. The van der Waals surface area contributed by atoms with Crippen molar-refractivity contribution < 1.29 is 23.9 Å². The minimum atomic E-state index is -0.643. The lowest BCUT2D eigenvalue weighted by Crippen LogP contribution is -2.34. The summed E-state index contributed by atoms with van der Waals surface area (Å²) in [5, 5.41) is -0.494. The quantitative estimate of drug-likeness (QED) is 0.625. The van der Waals surface area contributed by atoms with Crippen LogP contribution in [0.15, 0.2) is 29.2 Å². The van der Waals surface area contributed by atoms with E-state index in [0.29, 0.717) is 11.3 Å². The van der Waals surface area contributed by atoms with Crippen LogP contribution in [0.25, 0.3) is 6.08 Å². The average Bonchev–Trinajstić information content (AvgIpc) is 2.75. The molecule has 1 aliphatic rings. The van der Waals surface area contributed by atoms with Gasteiger partial charge in [0.25, 0.3) is 11.1 Å². The molecule has 0 spiro atoms. The molecule has 0 unspecified atom stereocenters. The van der Waals surface area contributed by atoms with Crippen molar-refractivity contribution in [3.05, 3.63) is 34.7 Å². The Kier molecular flexibility index (Phi) is 4.64.